The van der Waals surface area contributed by atoms with Gasteiger partial charge < -0.3 is 5.73 Å². The third-order valence-electron chi connectivity index (χ3n) is 2.70. The lowest BCUT2D eigenvalue weighted by Crippen LogP contribution is -1.99. The standard InChI is InChI=1S/C11H8BrF2N5/c12-5-2-1-3-6(4-5)19-11-7(10(15)16-17-11)8(18-19)9(13)14/h1-4,9H,(H3,15,16,17). The zero-order valence-electron chi connectivity index (χ0n) is 9.44. The van der Waals surface area contributed by atoms with Crippen molar-refractivity contribution in [2.24, 2.45) is 0 Å². The van der Waals surface area contributed by atoms with E-state index in [-0.39, 0.29) is 22.5 Å². The quantitative estimate of drug-likeness (QED) is 0.759. The summed E-state index contributed by atoms with van der Waals surface area (Å²) in [6.07, 6.45) is -2.71. The lowest BCUT2D eigenvalue weighted by molar-refractivity contribution is 0.147. The molecular weight excluding hydrogens is 320 g/mol. The number of nitrogens with two attached hydrogens (primary N) is 1. The number of hydrogen-bond donors (Lipinski definition) is 2. The van der Waals surface area contributed by atoms with Crippen LogP contribution in [0.25, 0.3) is 16.7 Å². The van der Waals surface area contributed by atoms with Gasteiger partial charge >= 0.3 is 0 Å². The van der Waals surface area contributed by atoms with Crippen LogP contribution in [0.4, 0.5) is 14.6 Å². The average molecular weight is 328 g/mol. The van der Waals surface area contributed by atoms with Crippen LogP contribution in [-0.2, 0) is 0 Å². The Bertz CT molecular complexity index is 749. The molecule has 5 nitrogen and oxygen atoms in total. The molecule has 0 radical (unpaired) electrons. The number of aromatic nitrogens is 4. The van der Waals surface area contributed by atoms with Crippen molar-refractivity contribution in [3.63, 3.8) is 0 Å². The summed E-state index contributed by atoms with van der Waals surface area (Å²) in [6.45, 7) is 0. The molecule has 3 rings (SSSR count). The van der Waals surface area contributed by atoms with Gasteiger partial charge in [0, 0.05) is 4.47 Å². The first-order valence-electron chi connectivity index (χ1n) is 5.34. The van der Waals surface area contributed by atoms with E-state index in [9.17, 15) is 8.78 Å². The Hall–Kier alpha value is -1.96. The maximum Gasteiger partial charge on any atom is 0.282 e. The molecule has 2 heterocycles. The summed E-state index contributed by atoms with van der Waals surface area (Å²) in [7, 11) is 0. The van der Waals surface area contributed by atoms with Gasteiger partial charge in [0.2, 0.25) is 0 Å². The molecule has 98 valence electrons. The Morgan fingerprint density at radius 2 is 2.16 bits per heavy atom. The van der Waals surface area contributed by atoms with E-state index in [2.05, 4.69) is 31.2 Å². The van der Waals surface area contributed by atoms with Gasteiger partial charge in [0.05, 0.1) is 11.1 Å². The minimum atomic E-state index is -2.71. The molecule has 0 unspecified atom stereocenters. The molecule has 0 saturated carbocycles. The SMILES string of the molecule is Nc1[nH]nc2c1c(C(F)F)nn2-c1cccc(Br)c1. The second kappa shape index (κ2) is 4.30. The number of nitrogen functional groups attached to an aromatic ring is 1. The molecule has 0 fully saturated rings. The van der Waals surface area contributed by atoms with Crippen LogP contribution in [0.2, 0.25) is 0 Å². The van der Waals surface area contributed by atoms with E-state index >= 15 is 0 Å². The predicted molar refractivity (Wildman–Crippen MR) is 70.3 cm³/mol. The van der Waals surface area contributed by atoms with Gasteiger partial charge in [-0.15, -0.1) is 0 Å². The molecule has 8 heteroatoms. The summed E-state index contributed by atoms with van der Waals surface area (Å²) in [6, 6.07) is 7.12. The van der Waals surface area contributed by atoms with Gasteiger partial charge in [-0.05, 0) is 18.2 Å². The van der Waals surface area contributed by atoms with Gasteiger partial charge in [0.15, 0.2) is 5.65 Å². The molecule has 2 aromatic heterocycles. The van der Waals surface area contributed by atoms with Crippen molar-refractivity contribution in [3.05, 3.63) is 34.4 Å². The molecule has 0 aliphatic rings. The zero-order valence-corrected chi connectivity index (χ0v) is 11.0. The Morgan fingerprint density at radius 1 is 1.37 bits per heavy atom. The van der Waals surface area contributed by atoms with E-state index in [0.717, 1.165) is 4.47 Å². The van der Waals surface area contributed by atoms with Crippen LogP contribution in [0.3, 0.4) is 0 Å². The summed E-state index contributed by atoms with van der Waals surface area (Å²) in [5.41, 5.74) is 6.15. The molecule has 0 spiro atoms. The largest absolute Gasteiger partial charge is 0.383 e. The fourth-order valence-electron chi connectivity index (χ4n) is 1.90. The minimum absolute atomic E-state index is 0.0894. The second-order valence-electron chi connectivity index (χ2n) is 3.91. The molecule has 0 amide bonds. The molecule has 0 aliphatic heterocycles. The van der Waals surface area contributed by atoms with Crippen LogP contribution >= 0.6 is 15.9 Å². The topological polar surface area (TPSA) is 72.5 Å². The summed E-state index contributed by atoms with van der Waals surface area (Å²) in [4.78, 5) is 0. The van der Waals surface area contributed by atoms with Crippen molar-refractivity contribution in [3.8, 4) is 5.69 Å². The number of halogens is 3. The van der Waals surface area contributed by atoms with E-state index < -0.39 is 6.43 Å². The molecule has 0 saturated heterocycles. The number of fused-ring (bicyclic) bond motifs is 1. The maximum absolute atomic E-state index is 13.0. The highest BCUT2D eigenvalue weighted by molar-refractivity contribution is 9.10. The molecule has 0 atom stereocenters. The number of nitrogens with one attached hydrogen (secondary N) is 1. The molecule has 3 aromatic rings. The molecular formula is C11H8BrF2N5. The monoisotopic (exact) mass is 327 g/mol. The number of alkyl halides is 2. The lowest BCUT2D eigenvalue weighted by Gasteiger charge is -2.01. The van der Waals surface area contributed by atoms with E-state index in [1.54, 1.807) is 18.2 Å². The summed E-state index contributed by atoms with van der Waals surface area (Å²) in [5, 5.41) is 10.5. The van der Waals surface area contributed by atoms with Gasteiger partial charge in [-0.1, -0.05) is 22.0 Å². The molecule has 3 N–H and O–H groups in total. The van der Waals surface area contributed by atoms with Crippen molar-refractivity contribution < 1.29 is 8.78 Å². The van der Waals surface area contributed by atoms with Gasteiger partial charge in [-0.3, -0.25) is 5.10 Å². The van der Waals surface area contributed by atoms with Gasteiger partial charge in [0.1, 0.15) is 11.5 Å². The molecule has 19 heavy (non-hydrogen) atoms. The smallest absolute Gasteiger partial charge is 0.282 e. The summed E-state index contributed by atoms with van der Waals surface area (Å²) < 4.78 is 28.1. The number of benzene rings is 1. The van der Waals surface area contributed by atoms with Crippen molar-refractivity contribution >= 4 is 32.8 Å². The first kappa shape index (κ1) is 12.1. The highest BCUT2D eigenvalue weighted by Crippen LogP contribution is 2.31. The number of H-pyrrole nitrogens is 1. The number of aromatic amines is 1. The first-order chi connectivity index (χ1) is 9.08. The third kappa shape index (κ3) is 1.88. The lowest BCUT2D eigenvalue weighted by atomic mass is 10.3. The highest BCUT2D eigenvalue weighted by atomic mass is 79.9. The molecule has 0 aliphatic carbocycles. The van der Waals surface area contributed by atoms with Crippen LogP contribution in [-0.4, -0.2) is 20.0 Å². The van der Waals surface area contributed by atoms with E-state index in [0.29, 0.717) is 5.69 Å². The zero-order chi connectivity index (χ0) is 13.6. The average Bonchev–Trinajstić information content (AvgIpc) is 2.90. The highest BCUT2D eigenvalue weighted by Gasteiger charge is 2.23. The van der Waals surface area contributed by atoms with Crippen molar-refractivity contribution in [2.75, 3.05) is 5.73 Å². The van der Waals surface area contributed by atoms with Crippen LogP contribution in [0.1, 0.15) is 12.1 Å². The minimum Gasteiger partial charge on any atom is -0.383 e. The Morgan fingerprint density at radius 3 is 2.84 bits per heavy atom. The van der Waals surface area contributed by atoms with Crippen LogP contribution in [0.5, 0.6) is 0 Å². The Kier molecular flexibility index (Phi) is 2.74. The Balaban J connectivity index is 2.30. The fraction of sp³-hybridized carbons (Fsp3) is 0.0909. The summed E-state index contributed by atoms with van der Waals surface area (Å²) in [5.74, 6) is 0.0894. The fourth-order valence-corrected chi connectivity index (χ4v) is 2.28. The van der Waals surface area contributed by atoms with Crippen LogP contribution in [0.15, 0.2) is 28.7 Å². The van der Waals surface area contributed by atoms with Crippen molar-refractivity contribution in [1.82, 2.24) is 20.0 Å². The van der Waals surface area contributed by atoms with Crippen molar-refractivity contribution in [1.29, 1.82) is 0 Å². The second-order valence-corrected chi connectivity index (χ2v) is 4.83. The molecule has 1 aromatic carbocycles. The first-order valence-corrected chi connectivity index (χ1v) is 6.14. The Labute approximate surface area is 114 Å². The molecule has 0 bridgehead atoms. The van der Waals surface area contributed by atoms with E-state index in [4.69, 9.17) is 5.73 Å². The van der Waals surface area contributed by atoms with Gasteiger partial charge in [-0.25, -0.2) is 13.5 Å². The van der Waals surface area contributed by atoms with E-state index in [1.165, 1.54) is 4.68 Å². The number of nitrogens with zero attached hydrogens (tertiary/aromatic N) is 3. The summed E-state index contributed by atoms with van der Waals surface area (Å²) >= 11 is 3.32. The van der Waals surface area contributed by atoms with E-state index in [1.807, 2.05) is 6.07 Å². The maximum atomic E-state index is 13.0. The van der Waals surface area contributed by atoms with Gasteiger partial charge in [-0.2, -0.15) is 10.2 Å². The number of hydrogen-bond acceptors (Lipinski definition) is 3. The predicted octanol–water partition coefficient (Wildman–Crippen LogP) is 3.03. The van der Waals surface area contributed by atoms with Crippen molar-refractivity contribution in [2.45, 2.75) is 6.43 Å². The third-order valence-corrected chi connectivity index (χ3v) is 3.19. The number of rotatable bonds is 2. The number of anilines is 1. The normalized spacial score (nSPS) is 11.6. The van der Waals surface area contributed by atoms with Crippen LogP contribution < -0.4 is 5.73 Å². The van der Waals surface area contributed by atoms with Crippen LogP contribution in [0, 0.1) is 0 Å². The van der Waals surface area contributed by atoms with Gasteiger partial charge in [0.25, 0.3) is 6.43 Å².